The molecule has 0 aliphatic heterocycles. The predicted octanol–water partition coefficient (Wildman–Crippen LogP) is 2.50. The summed E-state index contributed by atoms with van der Waals surface area (Å²) in [5, 5.41) is 3.25. The molecule has 78 valence electrons. The number of hydrogen-bond donors (Lipinski definition) is 2. The van der Waals surface area contributed by atoms with E-state index in [4.69, 9.17) is 5.73 Å². The van der Waals surface area contributed by atoms with Crippen molar-refractivity contribution in [3.8, 4) is 0 Å². The number of benzene rings is 1. The van der Waals surface area contributed by atoms with Gasteiger partial charge >= 0.3 is 0 Å². The van der Waals surface area contributed by atoms with E-state index in [-0.39, 0.29) is 5.82 Å². The average molecular weight is 196 g/mol. The summed E-state index contributed by atoms with van der Waals surface area (Å²) in [6.07, 6.45) is 2.26. The van der Waals surface area contributed by atoms with Crippen LogP contribution in [0.3, 0.4) is 0 Å². The molecule has 0 aliphatic carbocycles. The van der Waals surface area contributed by atoms with Crippen LogP contribution in [-0.2, 0) is 6.54 Å². The van der Waals surface area contributed by atoms with Gasteiger partial charge in [-0.25, -0.2) is 4.39 Å². The molecule has 0 radical (unpaired) electrons. The van der Waals surface area contributed by atoms with E-state index in [0.29, 0.717) is 6.54 Å². The maximum atomic E-state index is 12.8. The van der Waals surface area contributed by atoms with Crippen molar-refractivity contribution >= 4 is 5.69 Å². The first kappa shape index (κ1) is 11.0. The zero-order valence-electron chi connectivity index (χ0n) is 8.52. The molecule has 1 aromatic rings. The average Bonchev–Trinajstić information content (AvgIpc) is 2.20. The fourth-order valence-electron chi connectivity index (χ4n) is 1.30. The predicted molar refractivity (Wildman–Crippen MR) is 57.7 cm³/mol. The number of unbranched alkanes of at least 4 members (excludes halogenated alkanes) is 1. The molecule has 14 heavy (non-hydrogen) atoms. The van der Waals surface area contributed by atoms with Crippen molar-refractivity contribution in [2.45, 2.75) is 26.3 Å². The van der Waals surface area contributed by atoms with Crippen LogP contribution in [-0.4, -0.2) is 6.54 Å². The number of nitrogens with two attached hydrogens (primary N) is 1. The van der Waals surface area contributed by atoms with Gasteiger partial charge in [-0.3, -0.25) is 0 Å². The fraction of sp³-hybridized carbons (Fsp3) is 0.455. The minimum atomic E-state index is -0.230. The Labute approximate surface area is 84.3 Å². The molecule has 0 bridgehead atoms. The van der Waals surface area contributed by atoms with Gasteiger partial charge in [-0.15, -0.1) is 0 Å². The van der Waals surface area contributed by atoms with Gasteiger partial charge in [0.1, 0.15) is 5.82 Å². The van der Waals surface area contributed by atoms with E-state index in [1.54, 1.807) is 6.07 Å². The molecule has 0 atom stereocenters. The Bertz CT molecular complexity index is 287. The number of hydrogen-bond acceptors (Lipinski definition) is 2. The summed E-state index contributed by atoms with van der Waals surface area (Å²) in [6, 6.07) is 4.68. The van der Waals surface area contributed by atoms with Crippen molar-refractivity contribution in [1.82, 2.24) is 0 Å². The maximum absolute atomic E-state index is 12.8. The zero-order valence-corrected chi connectivity index (χ0v) is 8.52. The smallest absolute Gasteiger partial charge is 0.123 e. The molecule has 2 nitrogen and oxygen atoms in total. The Kier molecular flexibility index (Phi) is 4.40. The first-order valence-corrected chi connectivity index (χ1v) is 5.00. The number of rotatable bonds is 5. The van der Waals surface area contributed by atoms with E-state index < -0.39 is 0 Å². The summed E-state index contributed by atoms with van der Waals surface area (Å²) in [5.41, 5.74) is 7.30. The van der Waals surface area contributed by atoms with E-state index in [9.17, 15) is 4.39 Å². The summed E-state index contributed by atoms with van der Waals surface area (Å²) >= 11 is 0. The van der Waals surface area contributed by atoms with Crippen LogP contribution in [0, 0.1) is 5.82 Å². The van der Waals surface area contributed by atoms with Crippen molar-refractivity contribution < 1.29 is 4.39 Å². The summed E-state index contributed by atoms with van der Waals surface area (Å²) in [5.74, 6) is -0.230. The summed E-state index contributed by atoms with van der Waals surface area (Å²) in [7, 11) is 0. The van der Waals surface area contributed by atoms with Gasteiger partial charge in [0.25, 0.3) is 0 Å². The number of nitrogens with one attached hydrogen (secondary N) is 1. The second-order valence-electron chi connectivity index (χ2n) is 3.29. The molecule has 1 aromatic carbocycles. The van der Waals surface area contributed by atoms with E-state index in [0.717, 1.165) is 30.6 Å². The first-order chi connectivity index (χ1) is 6.77. The Balaban J connectivity index is 2.65. The lowest BCUT2D eigenvalue weighted by atomic mass is 10.1. The van der Waals surface area contributed by atoms with Crippen LogP contribution in [0.4, 0.5) is 10.1 Å². The molecule has 0 saturated heterocycles. The molecule has 0 saturated carbocycles. The summed E-state index contributed by atoms with van der Waals surface area (Å²) in [6.45, 7) is 3.41. The highest BCUT2D eigenvalue weighted by Gasteiger charge is 2.01. The van der Waals surface area contributed by atoms with Crippen LogP contribution < -0.4 is 11.1 Å². The van der Waals surface area contributed by atoms with Crippen LogP contribution in [0.2, 0.25) is 0 Å². The van der Waals surface area contributed by atoms with E-state index in [1.807, 2.05) is 0 Å². The molecular weight excluding hydrogens is 179 g/mol. The molecule has 3 N–H and O–H groups in total. The van der Waals surface area contributed by atoms with Gasteiger partial charge in [0.15, 0.2) is 0 Å². The maximum Gasteiger partial charge on any atom is 0.123 e. The quantitative estimate of drug-likeness (QED) is 0.710. The Hall–Kier alpha value is -1.09. The van der Waals surface area contributed by atoms with Crippen LogP contribution in [0.1, 0.15) is 25.3 Å². The molecule has 0 fully saturated rings. The molecule has 0 aliphatic rings. The second-order valence-corrected chi connectivity index (χ2v) is 3.29. The highest BCUT2D eigenvalue weighted by atomic mass is 19.1. The monoisotopic (exact) mass is 196 g/mol. The number of anilines is 1. The van der Waals surface area contributed by atoms with Crippen molar-refractivity contribution in [2.75, 3.05) is 11.9 Å². The van der Waals surface area contributed by atoms with Crippen molar-refractivity contribution in [1.29, 1.82) is 0 Å². The minimum absolute atomic E-state index is 0.230. The third-order valence-corrected chi connectivity index (χ3v) is 2.13. The van der Waals surface area contributed by atoms with Crippen LogP contribution in [0.25, 0.3) is 0 Å². The Morgan fingerprint density at radius 2 is 2.21 bits per heavy atom. The highest BCUT2D eigenvalue weighted by molar-refractivity contribution is 5.51. The molecule has 0 aromatic heterocycles. The molecule has 0 spiro atoms. The molecule has 1 rings (SSSR count). The standard InChI is InChI=1S/C11H17FN2/c1-2-3-6-14-11-5-4-10(12)7-9(11)8-13/h4-5,7,14H,2-3,6,8,13H2,1H3. The molecule has 3 heteroatoms. The van der Waals surface area contributed by atoms with Crippen molar-refractivity contribution in [3.05, 3.63) is 29.6 Å². The van der Waals surface area contributed by atoms with Gasteiger partial charge in [-0.05, 0) is 30.2 Å². The van der Waals surface area contributed by atoms with Gasteiger partial charge in [-0.1, -0.05) is 13.3 Å². The van der Waals surface area contributed by atoms with E-state index >= 15 is 0 Å². The lowest BCUT2D eigenvalue weighted by molar-refractivity contribution is 0.625. The fourth-order valence-corrected chi connectivity index (χ4v) is 1.30. The lowest BCUT2D eigenvalue weighted by Gasteiger charge is -2.10. The third kappa shape index (κ3) is 3.00. The van der Waals surface area contributed by atoms with Gasteiger partial charge in [0.05, 0.1) is 0 Å². The number of halogens is 1. The van der Waals surface area contributed by atoms with Crippen LogP contribution in [0.15, 0.2) is 18.2 Å². The summed E-state index contributed by atoms with van der Waals surface area (Å²) < 4.78 is 12.8. The molecule has 0 amide bonds. The topological polar surface area (TPSA) is 38.0 Å². The van der Waals surface area contributed by atoms with Crippen molar-refractivity contribution in [3.63, 3.8) is 0 Å². The lowest BCUT2D eigenvalue weighted by Crippen LogP contribution is -2.07. The minimum Gasteiger partial charge on any atom is -0.385 e. The normalized spacial score (nSPS) is 10.2. The Morgan fingerprint density at radius 3 is 2.86 bits per heavy atom. The molecule has 0 unspecified atom stereocenters. The Morgan fingerprint density at radius 1 is 1.43 bits per heavy atom. The SMILES string of the molecule is CCCCNc1ccc(F)cc1CN. The first-order valence-electron chi connectivity index (χ1n) is 5.00. The summed E-state index contributed by atoms with van der Waals surface area (Å²) in [4.78, 5) is 0. The van der Waals surface area contributed by atoms with Crippen LogP contribution in [0.5, 0.6) is 0 Å². The van der Waals surface area contributed by atoms with Crippen molar-refractivity contribution in [2.24, 2.45) is 5.73 Å². The zero-order chi connectivity index (χ0) is 10.4. The highest BCUT2D eigenvalue weighted by Crippen LogP contribution is 2.16. The van der Waals surface area contributed by atoms with Gasteiger partial charge in [0.2, 0.25) is 0 Å². The van der Waals surface area contributed by atoms with E-state index in [2.05, 4.69) is 12.2 Å². The molecular formula is C11H17FN2. The van der Waals surface area contributed by atoms with Gasteiger partial charge < -0.3 is 11.1 Å². The van der Waals surface area contributed by atoms with Gasteiger partial charge in [0, 0.05) is 18.8 Å². The van der Waals surface area contributed by atoms with Crippen LogP contribution >= 0.6 is 0 Å². The second kappa shape index (κ2) is 5.60. The largest absolute Gasteiger partial charge is 0.385 e. The molecule has 0 heterocycles. The van der Waals surface area contributed by atoms with E-state index in [1.165, 1.54) is 12.1 Å². The van der Waals surface area contributed by atoms with Gasteiger partial charge in [-0.2, -0.15) is 0 Å². The third-order valence-electron chi connectivity index (χ3n) is 2.13.